The number of halogens is 2. The minimum absolute atomic E-state index is 0.00605. The van der Waals surface area contributed by atoms with Gasteiger partial charge in [0.15, 0.2) is 0 Å². The molecule has 1 aromatic rings. The highest BCUT2D eigenvalue weighted by Crippen LogP contribution is 2.32. The monoisotopic (exact) mass is 357 g/mol. The zero-order chi connectivity index (χ0) is 15.5. The van der Waals surface area contributed by atoms with Crippen LogP contribution in [0.1, 0.15) is 58.1 Å². The molecule has 0 saturated carbocycles. The van der Waals surface area contributed by atoms with Crippen LogP contribution in [0.25, 0.3) is 0 Å². The maximum absolute atomic E-state index is 14.0. The Kier molecular flexibility index (Phi) is 5.81. The maximum atomic E-state index is 14.0. The van der Waals surface area contributed by atoms with E-state index in [2.05, 4.69) is 35.1 Å². The molecule has 1 aliphatic heterocycles. The molecule has 0 spiro atoms. The van der Waals surface area contributed by atoms with E-state index in [1.165, 1.54) is 6.07 Å². The van der Waals surface area contributed by atoms with Gasteiger partial charge in [-0.15, -0.1) is 0 Å². The summed E-state index contributed by atoms with van der Waals surface area (Å²) in [6.45, 7) is 7.18. The van der Waals surface area contributed by atoms with Crippen molar-refractivity contribution in [2.24, 2.45) is 0 Å². The van der Waals surface area contributed by atoms with E-state index in [1.54, 1.807) is 0 Å². The summed E-state index contributed by atoms with van der Waals surface area (Å²) < 4.78 is 20.8. The highest BCUT2D eigenvalue weighted by atomic mass is 79.9. The van der Waals surface area contributed by atoms with Crippen molar-refractivity contribution in [2.45, 2.75) is 64.1 Å². The van der Waals surface area contributed by atoms with Crippen LogP contribution < -0.4 is 5.32 Å². The molecule has 0 aromatic heterocycles. The molecule has 21 heavy (non-hydrogen) atoms. The van der Waals surface area contributed by atoms with Crippen LogP contribution in [0.3, 0.4) is 0 Å². The predicted molar refractivity (Wildman–Crippen MR) is 87.9 cm³/mol. The maximum Gasteiger partial charge on any atom is 0.129 e. The highest BCUT2D eigenvalue weighted by molar-refractivity contribution is 9.10. The van der Waals surface area contributed by atoms with Crippen LogP contribution in [-0.2, 0) is 4.74 Å². The van der Waals surface area contributed by atoms with E-state index >= 15 is 0 Å². The molecule has 2 rings (SSSR count). The Hall–Kier alpha value is -0.450. The number of benzene rings is 1. The fourth-order valence-corrected chi connectivity index (χ4v) is 3.54. The summed E-state index contributed by atoms with van der Waals surface area (Å²) in [4.78, 5) is 0. The molecule has 0 bridgehead atoms. The molecule has 1 aromatic carbocycles. The molecule has 0 aliphatic carbocycles. The normalized spacial score (nSPS) is 23.0. The summed E-state index contributed by atoms with van der Waals surface area (Å²) in [5, 5.41) is 3.58. The number of hydrogen-bond acceptors (Lipinski definition) is 2. The van der Waals surface area contributed by atoms with Crippen LogP contribution in [-0.4, -0.2) is 18.2 Å². The van der Waals surface area contributed by atoms with E-state index in [9.17, 15) is 4.39 Å². The summed E-state index contributed by atoms with van der Waals surface area (Å²) in [6.07, 6.45) is 4.05. The second kappa shape index (κ2) is 7.21. The predicted octanol–water partition coefficient (Wildman–Crippen LogP) is 4.98. The molecule has 1 saturated heterocycles. The third-order valence-electron chi connectivity index (χ3n) is 4.70. The third-order valence-corrected chi connectivity index (χ3v) is 5.19. The second-order valence-corrected chi connectivity index (χ2v) is 6.90. The van der Waals surface area contributed by atoms with Gasteiger partial charge in [0.2, 0.25) is 0 Å². The first kappa shape index (κ1) is 16.9. The standard InChI is InChI=1S/C17H25BrFNO/c1-4-17(5-2)11-14(8-9-21-17)20-12(3)15-7-6-13(18)10-16(15)19/h6-7,10,12,14,20H,4-5,8-9,11H2,1-3H3. The molecule has 4 heteroatoms. The SMILES string of the molecule is CCC1(CC)CC(NC(C)c2ccc(Br)cc2F)CCO1. The molecule has 2 unspecified atom stereocenters. The Bertz CT molecular complexity index is 476. The largest absolute Gasteiger partial charge is 0.375 e. The fourth-order valence-electron chi connectivity index (χ4n) is 3.21. The number of ether oxygens (including phenoxy) is 1. The van der Waals surface area contributed by atoms with Crippen molar-refractivity contribution in [2.75, 3.05) is 6.61 Å². The van der Waals surface area contributed by atoms with Crippen LogP contribution in [0.5, 0.6) is 0 Å². The van der Waals surface area contributed by atoms with Gasteiger partial charge >= 0.3 is 0 Å². The Labute approximate surface area is 135 Å². The molecule has 1 heterocycles. The van der Waals surface area contributed by atoms with Crippen molar-refractivity contribution >= 4 is 15.9 Å². The lowest BCUT2D eigenvalue weighted by Crippen LogP contribution is -2.47. The molecule has 1 N–H and O–H groups in total. The van der Waals surface area contributed by atoms with Gasteiger partial charge in [-0.3, -0.25) is 0 Å². The Morgan fingerprint density at radius 1 is 1.43 bits per heavy atom. The third kappa shape index (κ3) is 4.05. The average Bonchev–Trinajstić information content (AvgIpc) is 2.47. The van der Waals surface area contributed by atoms with Gasteiger partial charge in [0, 0.05) is 28.7 Å². The lowest BCUT2D eigenvalue weighted by Gasteiger charge is -2.41. The molecule has 2 atom stereocenters. The van der Waals surface area contributed by atoms with E-state index in [4.69, 9.17) is 4.74 Å². The van der Waals surface area contributed by atoms with Gasteiger partial charge in [0.25, 0.3) is 0 Å². The average molecular weight is 358 g/mol. The van der Waals surface area contributed by atoms with E-state index in [1.807, 2.05) is 19.1 Å². The van der Waals surface area contributed by atoms with Gasteiger partial charge in [-0.2, -0.15) is 0 Å². The number of rotatable bonds is 5. The van der Waals surface area contributed by atoms with Gasteiger partial charge in [0.05, 0.1) is 5.60 Å². The Morgan fingerprint density at radius 3 is 2.76 bits per heavy atom. The lowest BCUT2D eigenvalue weighted by atomic mass is 9.85. The van der Waals surface area contributed by atoms with Crippen LogP contribution in [0.4, 0.5) is 4.39 Å². The molecule has 0 amide bonds. The summed E-state index contributed by atoms with van der Waals surface area (Å²) in [5.74, 6) is -0.159. The topological polar surface area (TPSA) is 21.3 Å². The van der Waals surface area contributed by atoms with Crippen LogP contribution >= 0.6 is 15.9 Å². The van der Waals surface area contributed by atoms with Crippen molar-refractivity contribution in [3.8, 4) is 0 Å². The highest BCUT2D eigenvalue weighted by Gasteiger charge is 2.35. The van der Waals surface area contributed by atoms with Gasteiger partial charge < -0.3 is 10.1 Å². The molecule has 2 nitrogen and oxygen atoms in total. The van der Waals surface area contributed by atoms with Crippen molar-refractivity contribution in [3.63, 3.8) is 0 Å². The molecule has 118 valence electrons. The first-order valence-electron chi connectivity index (χ1n) is 7.84. The van der Waals surface area contributed by atoms with Gasteiger partial charge in [-0.05, 0) is 44.7 Å². The van der Waals surface area contributed by atoms with Gasteiger partial charge in [-0.1, -0.05) is 35.8 Å². The molecule has 1 aliphatic rings. The first-order chi connectivity index (χ1) is 9.99. The smallest absolute Gasteiger partial charge is 0.129 e. The summed E-state index contributed by atoms with van der Waals surface area (Å²) in [7, 11) is 0. The second-order valence-electron chi connectivity index (χ2n) is 5.98. The van der Waals surface area contributed by atoms with Crippen molar-refractivity contribution in [1.29, 1.82) is 0 Å². The van der Waals surface area contributed by atoms with Crippen LogP contribution in [0, 0.1) is 5.82 Å². The van der Waals surface area contributed by atoms with Gasteiger partial charge in [0.1, 0.15) is 5.82 Å². The summed E-state index contributed by atoms with van der Waals surface area (Å²) >= 11 is 3.30. The zero-order valence-corrected chi connectivity index (χ0v) is 14.7. The minimum Gasteiger partial charge on any atom is -0.375 e. The molecular weight excluding hydrogens is 333 g/mol. The Morgan fingerprint density at radius 2 is 2.14 bits per heavy atom. The first-order valence-corrected chi connectivity index (χ1v) is 8.64. The summed E-state index contributed by atoms with van der Waals surface area (Å²) in [5.41, 5.74) is 0.719. The molecule has 0 radical (unpaired) electrons. The fraction of sp³-hybridized carbons (Fsp3) is 0.647. The van der Waals surface area contributed by atoms with Crippen LogP contribution in [0.2, 0.25) is 0 Å². The molecule has 1 fully saturated rings. The van der Waals surface area contributed by atoms with E-state index < -0.39 is 0 Å². The van der Waals surface area contributed by atoms with E-state index in [-0.39, 0.29) is 17.5 Å². The zero-order valence-electron chi connectivity index (χ0n) is 13.1. The lowest BCUT2D eigenvalue weighted by molar-refractivity contribution is -0.0940. The Balaban J connectivity index is 2.03. The quantitative estimate of drug-likeness (QED) is 0.802. The van der Waals surface area contributed by atoms with E-state index in [0.29, 0.717) is 6.04 Å². The van der Waals surface area contributed by atoms with Crippen LogP contribution in [0.15, 0.2) is 22.7 Å². The minimum atomic E-state index is -0.159. The number of hydrogen-bond donors (Lipinski definition) is 1. The van der Waals surface area contributed by atoms with Crippen molar-refractivity contribution in [3.05, 3.63) is 34.1 Å². The van der Waals surface area contributed by atoms with Gasteiger partial charge in [-0.25, -0.2) is 4.39 Å². The van der Waals surface area contributed by atoms with Crippen molar-refractivity contribution < 1.29 is 9.13 Å². The summed E-state index contributed by atoms with van der Waals surface area (Å²) in [6, 6.07) is 5.66. The number of nitrogens with one attached hydrogen (secondary N) is 1. The van der Waals surface area contributed by atoms with E-state index in [0.717, 1.165) is 42.3 Å². The molecular formula is C17H25BrFNO. The van der Waals surface area contributed by atoms with Crippen molar-refractivity contribution in [1.82, 2.24) is 5.32 Å².